The van der Waals surface area contributed by atoms with Crippen molar-refractivity contribution in [1.29, 1.82) is 0 Å². The standard InChI is InChI=1S/C15H24FN/c1-5-17-15(11(2)3)9-7-13-10-12(4)6-8-14(13)16/h6,8,10-11,15,17H,5,7,9H2,1-4H3. The minimum Gasteiger partial charge on any atom is -0.314 e. The highest BCUT2D eigenvalue weighted by atomic mass is 19.1. The van der Waals surface area contributed by atoms with E-state index in [0.29, 0.717) is 12.0 Å². The van der Waals surface area contributed by atoms with Gasteiger partial charge < -0.3 is 5.32 Å². The molecule has 0 radical (unpaired) electrons. The Kier molecular flexibility index (Phi) is 5.63. The zero-order chi connectivity index (χ0) is 12.8. The van der Waals surface area contributed by atoms with E-state index >= 15 is 0 Å². The molecule has 0 bridgehead atoms. The monoisotopic (exact) mass is 237 g/mol. The topological polar surface area (TPSA) is 12.0 Å². The highest BCUT2D eigenvalue weighted by Gasteiger charge is 2.13. The minimum atomic E-state index is -0.0744. The normalized spacial score (nSPS) is 13.1. The molecule has 2 heteroatoms. The maximum atomic E-state index is 13.6. The molecule has 96 valence electrons. The zero-order valence-electron chi connectivity index (χ0n) is 11.4. The van der Waals surface area contributed by atoms with Crippen LogP contribution in [0.25, 0.3) is 0 Å². The van der Waals surface area contributed by atoms with Crippen LogP contribution in [-0.2, 0) is 6.42 Å². The molecular weight excluding hydrogens is 213 g/mol. The second-order valence-electron chi connectivity index (χ2n) is 5.04. The number of hydrogen-bond acceptors (Lipinski definition) is 1. The molecule has 0 aromatic heterocycles. The molecule has 17 heavy (non-hydrogen) atoms. The maximum Gasteiger partial charge on any atom is 0.126 e. The number of nitrogens with one attached hydrogen (secondary N) is 1. The third kappa shape index (κ3) is 4.47. The highest BCUT2D eigenvalue weighted by Crippen LogP contribution is 2.15. The second kappa shape index (κ2) is 6.75. The molecule has 0 spiro atoms. The third-order valence-electron chi connectivity index (χ3n) is 3.20. The number of hydrogen-bond donors (Lipinski definition) is 1. The van der Waals surface area contributed by atoms with Crippen LogP contribution in [0, 0.1) is 18.7 Å². The maximum absolute atomic E-state index is 13.6. The Morgan fingerprint density at radius 1 is 1.29 bits per heavy atom. The summed E-state index contributed by atoms with van der Waals surface area (Å²) in [6, 6.07) is 5.82. The van der Waals surface area contributed by atoms with Crippen LogP contribution in [-0.4, -0.2) is 12.6 Å². The summed E-state index contributed by atoms with van der Waals surface area (Å²) in [5.41, 5.74) is 1.97. The lowest BCUT2D eigenvalue weighted by molar-refractivity contribution is 0.383. The van der Waals surface area contributed by atoms with Crippen molar-refractivity contribution in [3.63, 3.8) is 0 Å². The molecule has 1 unspecified atom stereocenters. The van der Waals surface area contributed by atoms with Crippen molar-refractivity contribution >= 4 is 0 Å². The summed E-state index contributed by atoms with van der Waals surface area (Å²) in [6.45, 7) is 9.51. The number of halogens is 1. The molecule has 0 aliphatic heterocycles. The van der Waals surface area contributed by atoms with Gasteiger partial charge in [-0.2, -0.15) is 0 Å². The Morgan fingerprint density at radius 2 is 2.00 bits per heavy atom. The molecule has 0 saturated heterocycles. The van der Waals surface area contributed by atoms with E-state index in [2.05, 4.69) is 26.1 Å². The zero-order valence-corrected chi connectivity index (χ0v) is 11.4. The van der Waals surface area contributed by atoms with Crippen molar-refractivity contribution < 1.29 is 4.39 Å². The van der Waals surface area contributed by atoms with Gasteiger partial charge >= 0.3 is 0 Å². The van der Waals surface area contributed by atoms with Gasteiger partial charge in [0.25, 0.3) is 0 Å². The quantitative estimate of drug-likeness (QED) is 0.795. The Bertz CT molecular complexity index is 347. The summed E-state index contributed by atoms with van der Waals surface area (Å²) in [7, 11) is 0. The summed E-state index contributed by atoms with van der Waals surface area (Å²) >= 11 is 0. The van der Waals surface area contributed by atoms with Gasteiger partial charge in [0, 0.05) is 6.04 Å². The summed E-state index contributed by atoms with van der Waals surface area (Å²) < 4.78 is 13.6. The van der Waals surface area contributed by atoms with Crippen molar-refractivity contribution in [1.82, 2.24) is 5.32 Å². The predicted octanol–water partition coefficient (Wildman–Crippen LogP) is 3.70. The Balaban J connectivity index is 2.61. The lowest BCUT2D eigenvalue weighted by Crippen LogP contribution is -2.34. The van der Waals surface area contributed by atoms with E-state index in [4.69, 9.17) is 0 Å². The van der Waals surface area contributed by atoms with Crippen molar-refractivity contribution in [2.45, 2.75) is 46.6 Å². The number of benzene rings is 1. The summed E-state index contributed by atoms with van der Waals surface area (Å²) in [5.74, 6) is 0.512. The molecule has 0 aliphatic rings. The minimum absolute atomic E-state index is 0.0744. The van der Waals surface area contributed by atoms with Crippen LogP contribution in [0.5, 0.6) is 0 Å². The first-order valence-corrected chi connectivity index (χ1v) is 6.53. The molecule has 1 nitrogen and oxygen atoms in total. The van der Waals surface area contributed by atoms with Crippen molar-refractivity contribution in [3.8, 4) is 0 Å². The largest absolute Gasteiger partial charge is 0.314 e. The molecule has 1 aromatic rings. The molecule has 0 aliphatic carbocycles. The van der Waals surface area contributed by atoms with E-state index in [1.54, 1.807) is 6.07 Å². The molecule has 1 N–H and O–H groups in total. The van der Waals surface area contributed by atoms with Crippen LogP contribution >= 0.6 is 0 Å². The van der Waals surface area contributed by atoms with Crippen LogP contribution in [0.3, 0.4) is 0 Å². The van der Waals surface area contributed by atoms with Gasteiger partial charge in [-0.3, -0.25) is 0 Å². The highest BCUT2D eigenvalue weighted by molar-refractivity contribution is 5.24. The molecule has 0 saturated carbocycles. The van der Waals surface area contributed by atoms with E-state index < -0.39 is 0 Å². The predicted molar refractivity (Wildman–Crippen MR) is 71.8 cm³/mol. The molecule has 0 heterocycles. The van der Waals surface area contributed by atoms with Gasteiger partial charge in [-0.05, 0) is 43.9 Å². The van der Waals surface area contributed by atoms with Gasteiger partial charge in [0.15, 0.2) is 0 Å². The van der Waals surface area contributed by atoms with Crippen LogP contribution < -0.4 is 5.32 Å². The van der Waals surface area contributed by atoms with Gasteiger partial charge in [0.1, 0.15) is 5.82 Å². The van der Waals surface area contributed by atoms with Crippen LogP contribution in [0.15, 0.2) is 18.2 Å². The molecule has 1 atom stereocenters. The van der Waals surface area contributed by atoms with Gasteiger partial charge in [-0.15, -0.1) is 0 Å². The van der Waals surface area contributed by atoms with Crippen LogP contribution in [0.1, 0.15) is 38.3 Å². The SMILES string of the molecule is CCNC(CCc1cc(C)ccc1F)C(C)C. The summed E-state index contributed by atoms with van der Waals surface area (Å²) in [5, 5.41) is 3.46. The molecule has 1 rings (SSSR count). The summed E-state index contributed by atoms with van der Waals surface area (Å²) in [4.78, 5) is 0. The second-order valence-corrected chi connectivity index (χ2v) is 5.04. The fourth-order valence-corrected chi connectivity index (χ4v) is 2.14. The molecular formula is C15H24FN. The summed E-state index contributed by atoms with van der Waals surface area (Å²) in [6.07, 6.45) is 1.80. The fourth-order valence-electron chi connectivity index (χ4n) is 2.14. The molecule has 0 fully saturated rings. The Morgan fingerprint density at radius 3 is 2.59 bits per heavy atom. The number of aryl methyl sites for hydroxylation is 2. The van der Waals surface area contributed by atoms with E-state index in [1.807, 2.05) is 19.1 Å². The first-order valence-electron chi connectivity index (χ1n) is 6.53. The first-order chi connectivity index (χ1) is 8.04. The number of rotatable bonds is 6. The Hall–Kier alpha value is -0.890. The van der Waals surface area contributed by atoms with E-state index in [9.17, 15) is 4.39 Å². The van der Waals surface area contributed by atoms with E-state index in [0.717, 1.165) is 30.5 Å². The van der Waals surface area contributed by atoms with E-state index in [-0.39, 0.29) is 5.82 Å². The fraction of sp³-hybridized carbons (Fsp3) is 0.600. The molecule has 1 aromatic carbocycles. The average Bonchev–Trinajstić information content (AvgIpc) is 2.28. The lowest BCUT2D eigenvalue weighted by atomic mass is 9.96. The van der Waals surface area contributed by atoms with Gasteiger partial charge in [0.2, 0.25) is 0 Å². The Labute approximate surface area is 104 Å². The third-order valence-corrected chi connectivity index (χ3v) is 3.20. The van der Waals surface area contributed by atoms with Crippen molar-refractivity contribution in [2.24, 2.45) is 5.92 Å². The van der Waals surface area contributed by atoms with Gasteiger partial charge in [-0.1, -0.05) is 38.5 Å². The van der Waals surface area contributed by atoms with Gasteiger partial charge in [-0.25, -0.2) is 4.39 Å². The van der Waals surface area contributed by atoms with Gasteiger partial charge in [0.05, 0.1) is 0 Å². The molecule has 0 amide bonds. The van der Waals surface area contributed by atoms with Crippen LogP contribution in [0.2, 0.25) is 0 Å². The first kappa shape index (κ1) is 14.2. The lowest BCUT2D eigenvalue weighted by Gasteiger charge is -2.21. The average molecular weight is 237 g/mol. The van der Waals surface area contributed by atoms with Crippen LogP contribution in [0.4, 0.5) is 4.39 Å². The van der Waals surface area contributed by atoms with Crippen molar-refractivity contribution in [3.05, 3.63) is 35.1 Å². The van der Waals surface area contributed by atoms with E-state index in [1.165, 1.54) is 0 Å². The van der Waals surface area contributed by atoms with Crippen molar-refractivity contribution in [2.75, 3.05) is 6.54 Å². The smallest absolute Gasteiger partial charge is 0.126 e.